The Bertz CT molecular complexity index is 105. The molecule has 1 unspecified atom stereocenters. The minimum atomic E-state index is -0.826. The highest BCUT2D eigenvalue weighted by Gasteiger charge is 2.13. The van der Waals surface area contributed by atoms with Crippen LogP contribution in [0.4, 0.5) is 0 Å². The van der Waals surface area contributed by atoms with E-state index in [2.05, 4.69) is 9.74 Å². The summed E-state index contributed by atoms with van der Waals surface area (Å²) in [5.41, 5.74) is 0. The fourth-order valence-corrected chi connectivity index (χ4v) is 1.41. The smallest absolute Gasteiger partial charge is 0.187 e. The molecule has 1 saturated heterocycles. The number of piperidine rings is 1. The fraction of sp³-hybridized carbons (Fsp3) is 1.00. The van der Waals surface area contributed by atoms with Gasteiger partial charge in [0, 0.05) is 0 Å². The minimum Gasteiger partial charge on any atom is -0.366 e. The maximum absolute atomic E-state index is 9.02. The van der Waals surface area contributed by atoms with Gasteiger partial charge < -0.3 is 5.11 Å². The highest BCUT2D eigenvalue weighted by molar-refractivity contribution is 4.64. The Labute approximate surface area is 66.9 Å². The average Bonchev–Trinajstić information content (AvgIpc) is 2.06. The van der Waals surface area contributed by atoms with Gasteiger partial charge in [0.2, 0.25) is 0 Å². The number of hydrogen-bond acceptors (Lipinski definition) is 4. The first-order valence-corrected chi connectivity index (χ1v) is 4.09. The van der Waals surface area contributed by atoms with Crippen LogP contribution >= 0.6 is 0 Å². The van der Waals surface area contributed by atoms with Crippen molar-refractivity contribution >= 4 is 0 Å². The first kappa shape index (κ1) is 8.93. The summed E-state index contributed by atoms with van der Waals surface area (Å²) in [4.78, 5) is 6.43. The van der Waals surface area contributed by atoms with Crippen LogP contribution in [0, 0.1) is 0 Å². The molecule has 0 aromatic carbocycles. The molecule has 1 atom stereocenters. The number of hydrogen-bond donors (Lipinski definition) is 2. The summed E-state index contributed by atoms with van der Waals surface area (Å²) in [5.74, 6) is 4.81. The summed E-state index contributed by atoms with van der Waals surface area (Å²) < 4.78 is 0. The Kier molecular flexibility index (Phi) is 3.79. The van der Waals surface area contributed by atoms with Crippen molar-refractivity contribution in [3.63, 3.8) is 0 Å². The van der Waals surface area contributed by atoms with Gasteiger partial charge in [0.05, 0.1) is 6.54 Å². The van der Waals surface area contributed by atoms with Crippen molar-refractivity contribution in [3.05, 3.63) is 0 Å². The first-order valence-electron chi connectivity index (χ1n) is 4.09. The molecule has 1 rings (SSSR count). The summed E-state index contributed by atoms with van der Waals surface area (Å²) in [6.45, 7) is 2.65. The summed E-state index contributed by atoms with van der Waals surface area (Å²) in [5, 5.41) is 9.02. The Morgan fingerprint density at radius 1 is 1.36 bits per heavy atom. The first-order chi connectivity index (χ1) is 5.33. The van der Waals surface area contributed by atoms with Gasteiger partial charge in [-0.25, -0.2) is 5.90 Å². The Morgan fingerprint density at radius 2 is 2.00 bits per heavy atom. The molecule has 0 amide bonds. The van der Waals surface area contributed by atoms with Gasteiger partial charge in [0.1, 0.15) is 0 Å². The third-order valence-corrected chi connectivity index (χ3v) is 2.02. The molecule has 0 saturated carbocycles. The normalized spacial score (nSPS) is 23.5. The largest absolute Gasteiger partial charge is 0.366 e. The highest BCUT2D eigenvalue weighted by atomic mass is 16.7. The topological polar surface area (TPSA) is 58.7 Å². The monoisotopic (exact) mass is 160 g/mol. The number of rotatable bonds is 3. The van der Waals surface area contributed by atoms with E-state index in [4.69, 9.17) is 11.0 Å². The number of nitrogens with zero attached hydrogens (tertiary/aromatic N) is 1. The molecule has 0 radical (unpaired) electrons. The Hall–Kier alpha value is -0.160. The summed E-state index contributed by atoms with van der Waals surface area (Å²) in [7, 11) is 0. The van der Waals surface area contributed by atoms with Crippen molar-refractivity contribution in [2.45, 2.75) is 25.6 Å². The molecule has 11 heavy (non-hydrogen) atoms. The molecule has 4 nitrogen and oxygen atoms in total. The van der Waals surface area contributed by atoms with Crippen LogP contribution in [0.5, 0.6) is 0 Å². The van der Waals surface area contributed by atoms with E-state index >= 15 is 0 Å². The maximum Gasteiger partial charge on any atom is 0.187 e. The lowest BCUT2D eigenvalue weighted by molar-refractivity contribution is -0.117. The maximum atomic E-state index is 9.02. The van der Waals surface area contributed by atoms with Gasteiger partial charge in [-0.2, -0.15) is 0 Å². The second-order valence-corrected chi connectivity index (χ2v) is 2.95. The van der Waals surface area contributed by atoms with Crippen molar-refractivity contribution in [2.24, 2.45) is 5.90 Å². The van der Waals surface area contributed by atoms with Gasteiger partial charge in [-0.3, -0.25) is 9.74 Å². The van der Waals surface area contributed by atoms with Gasteiger partial charge >= 0.3 is 0 Å². The van der Waals surface area contributed by atoms with E-state index in [1.807, 2.05) is 0 Å². The summed E-state index contributed by atoms with van der Waals surface area (Å²) >= 11 is 0. The molecular formula is C7H16N2O2. The predicted molar refractivity (Wildman–Crippen MR) is 41.6 cm³/mol. The van der Waals surface area contributed by atoms with E-state index in [1.165, 1.54) is 19.3 Å². The molecule has 0 aromatic heterocycles. The number of aliphatic hydroxyl groups is 1. The van der Waals surface area contributed by atoms with Crippen LogP contribution in [0.3, 0.4) is 0 Å². The third kappa shape index (κ3) is 3.16. The van der Waals surface area contributed by atoms with Crippen LogP contribution in [-0.4, -0.2) is 35.9 Å². The predicted octanol–water partition coefficient (Wildman–Crippen LogP) is -0.319. The molecule has 3 N–H and O–H groups in total. The van der Waals surface area contributed by atoms with Crippen LogP contribution < -0.4 is 5.90 Å². The second kappa shape index (κ2) is 4.66. The fourth-order valence-electron chi connectivity index (χ4n) is 1.41. The lowest BCUT2D eigenvalue weighted by Crippen LogP contribution is -2.38. The lowest BCUT2D eigenvalue weighted by Gasteiger charge is -2.27. The molecule has 4 heteroatoms. The molecule has 0 aromatic rings. The lowest BCUT2D eigenvalue weighted by atomic mass is 10.1. The SMILES string of the molecule is NOC(O)CN1CCCCC1. The number of nitrogens with two attached hydrogens (primary N) is 1. The molecule has 1 aliphatic heterocycles. The Balaban J connectivity index is 2.13. The number of likely N-dealkylation sites (tertiary alicyclic amines) is 1. The van der Waals surface area contributed by atoms with Gasteiger partial charge in [0.25, 0.3) is 0 Å². The van der Waals surface area contributed by atoms with Gasteiger partial charge in [-0.15, -0.1) is 0 Å². The molecule has 1 fully saturated rings. The van der Waals surface area contributed by atoms with Crippen molar-refractivity contribution in [1.29, 1.82) is 0 Å². The summed E-state index contributed by atoms with van der Waals surface area (Å²) in [6, 6.07) is 0. The van der Waals surface area contributed by atoms with Crippen LogP contribution in [-0.2, 0) is 4.84 Å². The van der Waals surface area contributed by atoms with Gasteiger partial charge in [-0.05, 0) is 25.9 Å². The second-order valence-electron chi connectivity index (χ2n) is 2.95. The van der Waals surface area contributed by atoms with Crippen LogP contribution in [0.15, 0.2) is 0 Å². The van der Waals surface area contributed by atoms with E-state index in [-0.39, 0.29) is 0 Å². The van der Waals surface area contributed by atoms with E-state index in [9.17, 15) is 0 Å². The standard InChI is InChI=1S/C7H16N2O2/c8-11-7(10)6-9-4-2-1-3-5-9/h7,10H,1-6,8H2. The minimum absolute atomic E-state index is 0.538. The number of aliphatic hydroxyl groups excluding tert-OH is 1. The van der Waals surface area contributed by atoms with Crippen LogP contribution in [0.2, 0.25) is 0 Å². The van der Waals surface area contributed by atoms with Crippen molar-refractivity contribution in [1.82, 2.24) is 4.90 Å². The molecular weight excluding hydrogens is 144 g/mol. The molecule has 1 aliphatic rings. The van der Waals surface area contributed by atoms with Crippen molar-refractivity contribution in [2.75, 3.05) is 19.6 Å². The van der Waals surface area contributed by atoms with Crippen LogP contribution in [0.1, 0.15) is 19.3 Å². The van der Waals surface area contributed by atoms with E-state index in [0.717, 1.165) is 13.1 Å². The zero-order valence-electron chi connectivity index (χ0n) is 6.70. The van der Waals surface area contributed by atoms with E-state index in [1.54, 1.807) is 0 Å². The van der Waals surface area contributed by atoms with E-state index < -0.39 is 6.29 Å². The Morgan fingerprint density at radius 3 is 2.55 bits per heavy atom. The molecule has 1 heterocycles. The van der Waals surface area contributed by atoms with Crippen molar-refractivity contribution < 1.29 is 9.94 Å². The van der Waals surface area contributed by atoms with Crippen molar-refractivity contribution in [3.8, 4) is 0 Å². The quantitative estimate of drug-likeness (QED) is 0.439. The molecule has 66 valence electrons. The molecule has 0 aliphatic carbocycles. The summed E-state index contributed by atoms with van der Waals surface area (Å²) in [6.07, 6.45) is 2.91. The molecule has 0 spiro atoms. The highest BCUT2D eigenvalue weighted by Crippen LogP contribution is 2.08. The molecule has 0 bridgehead atoms. The zero-order chi connectivity index (χ0) is 8.10. The third-order valence-electron chi connectivity index (χ3n) is 2.02. The van der Waals surface area contributed by atoms with E-state index in [0.29, 0.717) is 6.54 Å². The average molecular weight is 160 g/mol. The van der Waals surface area contributed by atoms with Gasteiger partial charge in [0.15, 0.2) is 6.29 Å². The zero-order valence-corrected chi connectivity index (χ0v) is 6.70. The van der Waals surface area contributed by atoms with Crippen LogP contribution in [0.25, 0.3) is 0 Å². The number of β-amino-alcohol motifs (C(OH)–C–C–N with tert-alkyl or cyclic N) is 1. The van der Waals surface area contributed by atoms with Gasteiger partial charge in [-0.1, -0.05) is 6.42 Å².